The van der Waals surface area contributed by atoms with Crippen LogP contribution in [0.4, 0.5) is 0 Å². The lowest BCUT2D eigenvalue weighted by Crippen LogP contribution is -1.80. The van der Waals surface area contributed by atoms with Gasteiger partial charge in [-0.3, -0.25) is 0 Å². The first-order chi connectivity index (χ1) is 5.95. The van der Waals surface area contributed by atoms with E-state index in [0.29, 0.717) is 0 Å². The predicted octanol–water partition coefficient (Wildman–Crippen LogP) is 2.57. The third-order valence-electron chi connectivity index (χ3n) is 2.28. The lowest BCUT2D eigenvalue weighted by Gasteiger charge is -1.91. The summed E-state index contributed by atoms with van der Waals surface area (Å²) in [6, 6.07) is 0. The Bertz CT molecular complexity index is 417. The molecule has 1 aliphatic rings. The Hall–Kier alpha value is -0.960. The molecule has 0 saturated heterocycles. The third-order valence-corrected chi connectivity index (χ3v) is 3.21. The summed E-state index contributed by atoms with van der Waals surface area (Å²) in [6.45, 7) is 0. The summed E-state index contributed by atoms with van der Waals surface area (Å²) in [5.74, 6) is 0.800. The van der Waals surface area contributed by atoms with Gasteiger partial charge in [0.05, 0.1) is 10.2 Å². The van der Waals surface area contributed by atoms with E-state index in [9.17, 15) is 0 Å². The van der Waals surface area contributed by atoms with Gasteiger partial charge in [-0.1, -0.05) is 0 Å². The monoisotopic (exact) mass is 176 g/mol. The number of fused-ring (bicyclic) bond motifs is 1. The Labute approximate surface area is 74.3 Å². The van der Waals surface area contributed by atoms with E-state index in [-0.39, 0.29) is 0 Å². The van der Waals surface area contributed by atoms with Crippen molar-refractivity contribution < 1.29 is 0 Å². The topological polar surface area (TPSA) is 25.8 Å². The van der Waals surface area contributed by atoms with Gasteiger partial charge < -0.3 is 0 Å². The van der Waals surface area contributed by atoms with Gasteiger partial charge in [-0.2, -0.15) is 0 Å². The summed E-state index contributed by atoms with van der Waals surface area (Å²) in [5, 5.41) is 2.23. The van der Waals surface area contributed by atoms with Gasteiger partial charge in [0.1, 0.15) is 6.33 Å². The Kier molecular flexibility index (Phi) is 1.23. The highest BCUT2D eigenvalue weighted by Gasteiger charge is 2.26. The zero-order valence-corrected chi connectivity index (χ0v) is 7.34. The van der Waals surface area contributed by atoms with Crippen LogP contribution >= 0.6 is 11.3 Å². The molecule has 0 spiro atoms. The van der Waals surface area contributed by atoms with Gasteiger partial charge in [-0.25, -0.2) is 9.97 Å². The van der Waals surface area contributed by atoms with Crippen LogP contribution in [-0.4, -0.2) is 9.97 Å². The molecule has 2 heterocycles. The molecule has 0 radical (unpaired) electrons. The SMILES string of the molecule is c1ncc2scc(C3CC3)c2n1. The second-order valence-corrected chi connectivity index (χ2v) is 4.11. The Balaban J connectivity index is 2.30. The van der Waals surface area contributed by atoms with Gasteiger partial charge in [-0.15, -0.1) is 11.3 Å². The van der Waals surface area contributed by atoms with Crippen LogP contribution in [-0.2, 0) is 0 Å². The van der Waals surface area contributed by atoms with E-state index in [1.54, 1.807) is 17.7 Å². The van der Waals surface area contributed by atoms with Crippen molar-refractivity contribution in [2.45, 2.75) is 18.8 Å². The smallest absolute Gasteiger partial charge is 0.116 e. The number of aromatic nitrogens is 2. The normalized spacial score (nSPS) is 17.0. The number of rotatable bonds is 1. The first kappa shape index (κ1) is 6.54. The molecular weight excluding hydrogens is 168 g/mol. The summed E-state index contributed by atoms with van der Waals surface area (Å²) in [5.41, 5.74) is 2.62. The van der Waals surface area contributed by atoms with Gasteiger partial charge >= 0.3 is 0 Å². The first-order valence-corrected chi connectivity index (χ1v) is 5.00. The predicted molar refractivity (Wildman–Crippen MR) is 49.4 cm³/mol. The molecule has 1 aliphatic carbocycles. The number of thiophene rings is 1. The second-order valence-electron chi connectivity index (χ2n) is 3.20. The molecule has 0 aliphatic heterocycles. The van der Waals surface area contributed by atoms with E-state index in [1.807, 2.05) is 6.20 Å². The van der Waals surface area contributed by atoms with E-state index in [0.717, 1.165) is 5.92 Å². The summed E-state index contributed by atoms with van der Waals surface area (Å²) in [4.78, 5) is 8.31. The number of nitrogens with zero attached hydrogens (tertiary/aromatic N) is 2. The zero-order chi connectivity index (χ0) is 7.97. The van der Waals surface area contributed by atoms with Crippen LogP contribution in [0.2, 0.25) is 0 Å². The van der Waals surface area contributed by atoms with Crippen molar-refractivity contribution in [1.82, 2.24) is 9.97 Å². The maximum Gasteiger partial charge on any atom is 0.116 e. The zero-order valence-electron chi connectivity index (χ0n) is 6.53. The molecule has 2 aromatic rings. The Morgan fingerprint density at radius 2 is 2.33 bits per heavy atom. The van der Waals surface area contributed by atoms with E-state index in [2.05, 4.69) is 15.3 Å². The van der Waals surface area contributed by atoms with Gasteiger partial charge in [0.2, 0.25) is 0 Å². The molecular formula is C9H8N2S. The maximum atomic E-state index is 4.30. The first-order valence-electron chi connectivity index (χ1n) is 4.12. The maximum absolute atomic E-state index is 4.30. The van der Waals surface area contributed by atoms with Crippen LogP contribution in [0, 0.1) is 0 Å². The highest BCUT2D eigenvalue weighted by atomic mass is 32.1. The molecule has 0 N–H and O–H groups in total. The van der Waals surface area contributed by atoms with Crippen LogP contribution in [0.15, 0.2) is 17.9 Å². The summed E-state index contributed by atoms with van der Waals surface area (Å²) in [7, 11) is 0. The third kappa shape index (κ3) is 0.862. The van der Waals surface area contributed by atoms with Crippen molar-refractivity contribution in [3.63, 3.8) is 0 Å². The molecule has 3 rings (SSSR count). The molecule has 0 bridgehead atoms. The highest BCUT2D eigenvalue weighted by Crippen LogP contribution is 2.44. The van der Waals surface area contributed by atoms with Crippen molar-refractivity contribution in [1.29, 1.82) is 0 Å². The van der Waals surface area contributed by atoms with Crippen LogP contribution < -0.4 is 0 Å². The summed E-state index contributed by atoms with van der Waals surface area (Å²) >= 11 is 1.76. The standard InChI is InChI=1S/C9H8N2S/c1-2-6(1)7-4-12-8-3-10-5-11-9(7)8/h3-6H,1-2H2. The molecule has 0 atom stereocenters. The average Bonchev–Trinajstić information content (AvgIpc) is 2.86. The highest BCUT2D eigenvalue weighted by molar-refractivity contribution is 7.17. The van der Waals surface area contributed by atoms with Crippen molar-refractivity contribution >= 4 is 21.6 Å². The van der Waals surface area contributed by atoms with E-state index in [4.69, 9.17) is 0 Å². The lowest BCUT2D eigenvalue weighted by atomic mass is 10.2. The Morgan fingerprint density at radius 1 is 1.42 bits per heavy atom. The molecule has 0 amide bonds. The van der Waals surface area contributed by atoms with Crippen LogP contribution in [0.25, 0.3) is 10.2 Å². The fourth-order valence-corrected chi connectivity index (χ4v) is 2.45. The van der Waals surface area contributed by atoms with Crippen LogP contribution in [0.5, 0.6) is 0 Å². The summed E-state index contributed by atoms with van der Waals surface area (Å²) in [6.07, 6.45) is 6.23. The van der Waals surface area contributed by atoms with Crippen molar-refractivity contribution in [3.8, 4) is 0 Å². The van der Waals surface area contributed by atoms with Gasteiger partial charge in [0.25, 0.3) is 0 Å². The molecule has 2 nitrogen and oxygen atoms in total. The number of hydrogen-bond acceptors (Lipinski definition) is 3. The molecule has 2 aromatic heterocycles. The second kappa shape index (κ2) is 2.26. The van der Waals surface area contributed by atoms with Crippen molar-refractivity contribution in [2.24, 2.45) is 0 Å². The van der Waals surface area contributed by atoms with Crippen LogP contribution in [0.1, 0.15) is 24.3 Å². The van der Waals surface area contributed by atoms with Crippen molar-refractivity contribution in [3.05, 3.63) is 23.5 Å². The molecule has 3 heteroatoms. The fraction of sp³-hybridized carbons (Fsp3) is 0.333. The largest absolute Gasteiger partial charge is 0.243 e. The van der Waals surface area contributed by atoms with Crippen molar-refractivity contribution in [2.75, 3.05) is 0 Å². The fourth-order valence-electron chi connectivity index (χ4n) is 1.49. The number of hydrogen-bond donors (Lipinski definition) is 0. The van der Waals surface area contributed by atoms with E-state index in [1.165, 1.54) is 28.6 Å². The van der Waals surface area contributed by atoms with Gasteiger partial charge in [0, 0.05) is 6.20 Å². The molecule has 0 unspecified atom stereocenters. The van der Waals surface area contributed by atoms with Gasteiger partial charge in [-0.05, 0) is 29.7 Å². The molecule has 1 fully saturated rings. The van der Waals surface area contributed by atoms with E-state index < -0.39 is 0 Å². The summed E-state index contributed by atoms with van der Waals surface area (Å²) < 4.78 is 1.22. The lowest BCUT2D eigenvalue weighted by molar-refractivity contribution is 1.13. The molecule has 0 aromatic carbocycles. The quantitative estimate of drug-likeness (QED) is 0.667. The Morgan fingerprint density at radius 3 is 3.17 bits per heavy atom. The minimum Gasteiger partial charge on any atom is -0.243 e. The minimum absolute atomic E-state index is 0.800. The van der Waals surface area contributed by atoms with E-state index >= 15 is 0 Å². The molecule has 60 valence electrons. The average molecular weight is 176 g/mol. The molecule has 1 saturated carbocycles. The van der Waals surface area contributed by atoms with Gasteiger partial charge in [0.15, 0.2) is 0 Å². The van der Waals surface area contributed by atoms with Crippen LogP contribution in [0.3, 0.4) is 0 Å². The minimum atomic E-state index is 0.800. The molecule has 12 heavy (non-hydrogen) atoms.